The summed E-state index contributed by atoms with van der Waals surface area (Å²) >= 11 is 8.56. The highest BCUT2D eigenvalue weighted by atomic mass is 32.1. The van der Waals surface area contributed by atoms with Gasteiger partial charge in [-0.2, -0.15) is 0 Å². The second kappa shape index (κ2) is 11.8. The van der Waals surface area contributed by atoms with Gasteiger partial charge in [0.1, 0.15) is 0 Å². The van der Waals surface area contributed by atoms with Crippen molar-refractivity contribution in [3.8, 4) is 51.2 Å². The minimum absolute atomic E-state index is 0.102. The summed E-state index contributed by atoms with van der Waals surface area (Å²) in [4.78, 5) is 18.1. The molecule has 0 aliphatic carbocycles. The van der Waals surface area contributed by atoms with Crippen LogP contribution in [0.25, 0.3) is 60.9 Å². The van der Waals surface area contributed by atoms with Gasteiger partial charge in [0, 0.05) is 48.8 Å². The monoisotopic (exact) mass is 620 g/mol. The first-order valence-corrected chi connectivity index (χ1v) is 16.4. The first-order chi connectivity index (χ1) is 19.8. The number of nitriles is 2. The van der Waals surface area contributed by atoms with Gasteiger partial charge in [0.25, 0.3) is 11.4 Å². The van der Waals surface area contributed by atoms with Crippen molar-refractivity contribution < 1.29 is 0 Å². The van der Waals surface area contributed by atoms with Gasteiger partial charge in [-0.3, -0.25) is 0 Å². The van der Waals surface area contributed by atoms with Crippen molar-refractivity contribution in [2.45, 2.75) is 27.7 Å². The van der Waals surface area contributed by atoms with Crippen molar-refractivity contribution in [2.75, 3.05) is 0 Å². The Hall–Kier alpha value is -4.06. The smallest absolute Gasteiger partial charge is 0.227 e. The predicted molar refractivity (Wildman–Crippen MR) is 177 cm³/mol. The average Bonchev–Trinajstić information content (AvgIpc) is 3.81. The second-order valence-electron chi connectivity index (χ2n) is 9.09. The van der Waals surface area contributed by atoms with Crippen LogP contribution in [-0.2, 0) is 0 Å². The average molecular weight is 621 g/mol. The van der Waals surface area contributed by atoms with Crippen LogP contribution in [0.5, 0.6) is 0 Å². The maximum Gasteiger partial charge on any atom is 0.263 e. The van der Waals surface area contributed by atoms with Crippen molar-refractivity contribution in [3.05, 3.63) is 103 Å². The van der Waals surface area contributed by atoms with Gasteiger partial charge >= 0.3 is 0 Å². The van der Waals surface area contributed by atoms with E-state index < -0.39 is 0 Å². The molecule has 0 fully saturated rings. The van der Waals surface area contributed by atoms with Gasteiger partial charge in [-0.1, -0.05) is 0 Å². The largest absolute Gasteiger partial charge is 0.263 e. The Morgan fingerprint density at radius 1 is 0.561 bits per heavy atom. The van der Waals surface area contributed by atoms with E-state index in [1.165, 1.54) is 50.1 Å². The molecular weight excluding hydrogens is 601 g/mol. The van der Waals surface area contributed by atoms with Crippen LogP contribution in [0.1, 0.15) is 32.0 Å². The second-order valence-corrected chi connectivity index (χ2v) is 14.4. The molecule has 0 saturated carbocycles. The summed E-state index contributed by atoms with van der Waals surface area (Å²) in [7, 11) is 0. The maximum atomic E-state index is 9.17. The third-order valence-corrected chi connectivity index (χ3v) is 13.4. The number of nitrogens with zero attached hydrogens (tertiary/aromatic N) is 4. The van der Waals surface area contributed by atoms with Crippen LogP contribution >= 0.6 is 56.7 Å². The van der Waals surface area contributed by atoms with Crippen LogP contribution < -0.4 is 0 Å². The van der Waals surface area contributed by atoms with E-state index in [4.69, 9.17) is 13.1 Å². The predicted octanol–water partition coefficient (Wildman–Crippen LogP) is 11.5. The SMILES string of the molecule is [C-]#[N+]/C(C#N)=C\c1sc(-c2ccc(-c3ccc(-c4ccc(-c5sc(/C=C(\C#N)[N+]#[C-])c(C)c5C)s4)s3)s2)c(C)c1C. The highest BCUT2D eigenvalue weighted by molar-refractivity contribution is 7.30. The van der Waals surface area contributed by atoms with E-state index in [1.807, 2.05) is 26.0 Å². The number of allylic oxidation sites excluding steroid dienone is 2. The van der Waals surface area contributed by atoms with Crippen molar-refractivity contribution in [2.24, 2.45) is 0 Å². The van der Waals surface area contributed by atoms with Crippen molar-refractivity contribution in [1.82, 2.24) is 0 Å². The Morgan fingerprint density at radius 3 is 1.20 bits per heavy atom. The van der Waals surface area contributed by atoms with E-state index >= 15 is 0 Å². The fourth-order valence-corrected chi connectivity index (χ4v) is 10.2. The first-order valence-electron chi connectivity index (χ1n) is 12.3. The van der Waals surface area contributed by atoms with Crippen LogP contribution in [0.2, 0.25) is 0 Å². The topological polar surface area (TPSA) is 56.3 Å². The summed E-state index contributed by atoms with van der Waals surface area (Å²) < 4.78 is 0. The first kappa shape index (κ1) is 28.5. The number of thiophene rings is 5. The lowest BCUT2D eigenvalue weighted by molar-refractivity contribution is 1.39. The number of rotatable bonds is 6. The van der Waals surface area contributed by atoms with E-state index in [0.29, 0.717) is 0 Å². The summed E-state index contributed by atoms with van der Waals surface area (Å²) in [6, 6.07) is 17.0. The Bertz CT molecular complexity index is 1860. The molecule has 5 aromatic heterocycles. The molecule has 0 spiro atoms. The summed E-state index contributed by atoms with van der Waals surface area (Å²) in [6.07, 6.45) is 3.37. The van der Waals surface area contributed by atoms with Crippen LogP contribution in [0.15, 0.2) is 47.8 Å². The van der Waals surface area contributed by atoms with Crippen molar-refractivity contribution >= 4 is 68.8 Å². The Labute approximate surface area is 259 Å². The molecule has 0 atom stereocenters. The molecule has 198 valence electrons. The summed E-state index contributed by atoms with van der Waals surface area (Å²) in [5.74, 6) is 0. The summed E-state index contributed by atoms with van der Waals surface area (Å²) in [6.45, 7) is 22.7. The molecule has 0 amide bonds. The van der Waals surface area contributed by atoms with Crippen LogP contribution in [0.4, 0.5) is 0 Å². The molecule has 9 heteroatoms. The molecule has 0 bridgehead atoms. The lowest BCUT2D eigenvalue weighted by Gasteiger charge is -1.96. The fourth-order valence-electron chi connectivity index (χ4n) is 4.20. The van der Waals surface area contributed by atoms with Gasteiger partial charge < -0.3 is 0 Å². The zero-order valence-electron chi connectivity index (χ0n) is 22.4. The van der Waals surface area contributed by atoms with E-state index in [1.54, 1.807) is 68.8 Å². The van der Waals surface area contributed by atoms with Crippen molar-refractivity contribution in [1.29, 1.82) is 10.5 Å². The Morgan fingerprint density at radius 2 is 0.878 bits per heavy atom. The molecule has 0 N–H and O–H groups in total. The van der Waals surface area contributed by atoms with E-state index in [9.17, 15) is 10.5 Å². The zero-order valence-corrected chi connectivity index (χ0v) is 26.5. The molecule has 4 nitrogen and oxygen atoms in total. The molecule has 0 aromatic carbocycles. The minimum Gasteiger partial charge on any atom is -0.227 e. The molecule has 5 rings (SSSR count). The minimum atomic E-state index is 0.102. The third-order valence-electron chi connectivity index (χ3n) is 6.73. The van der Waals surface area contributed by atoms with Crippen LogP contribution in [0, 0.1) is 63.5 Å². The highest BCUT2D eigenvalue weighted by Crippen LogP contribution is 2.47. The van der Waals surface area contributed by atoms with E-state index in [0.717, 1.165) is 20.9 Å². The normalized spacial score (nSPS) is 11.6. The lowest BCUT2D eigenvalue weighted by Crippen LogP contribution is -1.77. The molecular formula is C32H20N4S5. The summed E-state index contributed by atoms with van der Waals surface area (Å²) in [5, 5.41) is 18.3. The van der Waals surface area contributed by atoms with Gasteiger partial charge in [0.2, 0.25) is 0 Å². The molecule has 5 heterocycles. The van der Waals surface area contributed by atoms with Gasteiger partial charge in [-0.15, -0.1) is 56.7 Å². The van der Waals surface area contributed by atoms with E-state index in [-0.39, 0.29) is 11.4 Å². The molecule has 0 aliphatic heterocycles. The van der Waals surface area contributed by atoms with Gasteiger partial charge in [-0.25, -0.2) is 20.2 Å². The van der Waals surface area contributed by atoms with Crippen molar-refractivity contribution in [3.63, 3.8) is 0 Å². The fraction of sp³-hybridized carbons (Fsp3) is 0.125. The quantitative estimate of drug-likeness (QED) is 0.140. The molecule has 5 aromatic rings. The molecule has 41 heavy (non-hydrogen) atoms. The third kappa shape index (κ3) is 5.48. The molecule has 0 aliphatic rings. The maximum absolute atomic E-state index is 9.17. The lowest BCUT2D eigenvalue weighted by atomic mass is 10.1. The number of hydrogen-bond acceptors (Lipinski definition) is 7. The van der Waals surface area contributed by atoms with Gasteiger partial charge in [0.15, 0.2) is 0 Å². The highest BCUT2D eigenvalue weighted by Gasteiger charge is 2.18. The molecule has 0 radical (unpaired) electrons. The van der Waals surface area contributed by atoms with Gasteiger partial charge in [-0.05, 0) is 98.5 Å². The number of hydrogen-bond donors (Lipinski definition) is 0. The van der Waals surface area contributed by atoms with Crippen LogP contribution in [0.3, 0.4) is 0 Å². The van der Waals surface area contributed by atoms with E-state index in [2.05, 4.69) is 59.9 Å². The summed E-state index contributed by atoms with van der Waals surface area (Å²) in [5.41, 5.74) is 4.80. The Kier molecular flexibility index (Phi) is 8.20. The standard InChI is InChI=1S/C32H20N4S5/c1-17-19(3)31(40-29(17)13-21(15-33)35-5)27-11-9-25(38-27)23-7-8-24(37-23)26-10-12-28(39-26)32-20(4)18(2)30(41-32)14-22(16-34)36-6/h7-14H,1-4H3/b21-13-,22-14+. The Balaban J connectivity index is 1.41. The molecule has 0 unspecified atom stereocenters. The van der Waals surface area contributed by atoms with Gasteiger partial charge in [0.05, 0.1) is 25.3 Å². The zero-order chi connectivity index (χ0) is 29.3. The molecule has 0 saturated heterocycles. The van der Waals surface area contributed by atoms with Crippen LogP contribution in [-0.4, -0.2) is 0 Å².